The number of quaternary nitrogens is 1. The number of hydrogen-bond donors (Lipinski definition) is 2. The maximum absolute atomic E-state index is 13.0. The van der Waals surface area contributed by atoms with E-state index in [9.17, 15) is 19.4 Å². The van der Waals surface area contributed by atoms with Gasteiger partial charge < -0.3 is 28.8 Å². The minimum absolute atomic E-state index is 0.00734. The van der Waals surface area contributed by atoms with Crippen molar-refractivity contribution in [1.29, 1.82) is 0 Å². The molecule has 8 nitrogen and oxygen atoms in total. The predicted molar refractivity (Wildman–Crippen MR) is 316 cm³/mol. The smallest absolute Gasteiger partial charge is 0.268 e. The number of phosphoric acid groups is 1. The largest absolute Gasteiger partial charge is 0.756 e. The molecule has 73 heavy (non-hydrogen) atoms. The minimum Gasteiger partial charge on any atom is -0.756 e. The highest BCUT2D eigenvalue weighted by molar-refractivity contribution is 7.45. The Labute approximate surface area is 455 Å². The fourth-order valence-corrected chi connectivity index (χ4v) is 10.3. The quantitative estimate of drug-likeness (QED) is 0.0272. The number of hydrogen-bond acceptors (Lipinski definition) is 6. The van der Waals surface area contributed by atoms with E-state index in [2.05, 4.69) is 43.5 Å². The van der Waals surface area contributed by atoms with Crippen LogP contribution in [0.4, 0.5) is 0 Å². The van der Waals surface area contributed by atoms with Gasteiger partial charge in [-0.3, -0.25) is 9.36 Å². The summed E-state index contributed by atoms with van der Waals surface area (Å²) in [4.78, 5) is 25.5. The fraction of sp³-hybridized carbons (Fsp3) is 0.891. The number of unbranched alkanes of at least 4 members (excludes halogenated alkanes) is 42. The van der Waals surface area contributed by atoms with Gasteiger partial charge in [0.25, 0.3) is 7.82 Å². The Bertz CT molecular complexity index is 1280. The molecule has 9 heteroatoms. The number of aliphatic hydroxyl groups is 1. The van der Waals surface area contributed by atoms with Crippen molar-refractivity contribution in [2.75, 3.05) is 40.9 Å². The maximum atomic E-state index is 13.0. The molecule has 0 fully saturated rings. The second-order valence-corrected chi connectivity index (χ2v) is 24.5. The van der Waals surface area contributed by atoms with E-state index < -0.39 is 26.6 Å². The summed E-state index contributed by atoms with van der Waals surface area (Å²) in [6, 6.07) is -0.908. The van der Waals surface area contributed by atoms with Crippen LogP contribution in [0, 0.1) is 0 Å². The highest BCUT2D eigenvalue weighted by Gasteiger charge is 2.23. The molecule has 0 aromatic carbocycles. The van der Waals surface area contributed by atoms with Crippen LogP contribution in [0.5, 0.6) is 0 Å². The molecule has 432 valence electrons. The third kappa shape index (κ3) is 58.2. The SMILES string of the molecule is CCCCCCCCCC/C=C/CC/C=C/CC/C=C/C(O)C(COP(=O)([O-])OCC[N+](C)(C)C)NC(=O)CCCCCCCCCCCCCCCCCCCCCCCCCCCCCCCCCCC. The number of amides is 1. The molecule has 0 aromatic heterocycles. The molecule has 3 unspecified atom stereocenters. The van der Waals surface area contributed by atoms with E-state index in [1.807, 2.05) is 27.2 Å². The van der Waals surface area contributed by atoms with E-state index in [1.165, 1.54) is 250 Å². The van der Waals surface area contributed by atoms with E-state index in [1.54, 1.807) is 6.08 Å². The van der Waals surface area contributed by atoms with E-state index >= 15 is 0 Å². The van der Waals surface area contributed by atoms with Crippen molar-refractivity contribution in [3.05, 3.63) is 36.5 Å². The van der Waals surface area contributed by atoms with Gasteiger partial charge in [-0.2, -0.15) is 0 Å². The monoisotopic (exact) mass is 1050 g/mol. The molecule has 0 heterocycles. The molecule has 0 bridgehead atoms. The highest BCUT2D eigenvalue weighted by Crippen LogP contribution is 2.38. The van der Waals surface area contributed by atoms with Gasteiger partial charge >= 0.3 is 0 Å². The average Bonchev–Trinajstić information content (AvgIpc) is 3.35. The van der Waals surface area contributed by atoms with Crippen molar-refractivity contribution in [3.8, 4) is 0 Å². The molecule has 0 aromatic rings. The summed E-state index contributed by atoms with van der Waals surface area (Å²) in [5, 5.41) is 13.9. The van der Waals surface area contributed by atoms with Crippen molar-refractivity contribution in [1.82, 2.24) is 5.32 Å². The molecule has 0 aliphatic heterocycles. The first-order chi connectivity index (χ1) is 35.5. The molecule has 0 aliphatic rings. The van der Waals surface area contributed by atoms with E-state index in [0.717, 1.165) is 44.9 Å². The second kappa shape index (κ2) is 55.5. The Morgan fingerprint density at radius 3 is 1.11 bits per heavy atom. The summed E-state index contributed by atoms with van der Waals surface area (Å²) in [6.07, 6.45) is 72.6. The number of phosphoric ester groups is 1. The Morgan fingerprint density at radius 2 is 0.767 bits per heavy atom. The second-order valence-electron chi connectivity index (χ2n) is 23.1. The number of likely N-dealkylation sites (N-methyl/N-ethyl adjacent to an activating group) is 1. The molecule has 2 N–H and O–H groups in total. The molecule has 0 radical (unpaired) electrons. The van der Waals surface area contributed by atoms with Crippen molar-refractivity contribution in [3.63, 3.8) is 0 Å². The average molecular weight is 1050 g/mol. The third-order valence-corrected chi connectivity index (χ3v) is 15.5. The van der Waals surface area contributed by atoms with E-state index in [0.29, 0.717) is 17.4 Å². The van der Waals surface area contributed by atoms with Gasteiger partial charge in [0.1, 0.15) is 13.2 Å². The van der Waals surface area contributed by atoms with E-state index in [-0.39, 0.29) is 12.5 Å². The van der Waals surface area contributed by atoms with Gasteiger partial charge in [0.15, 0.2) is 0 Å². The summed E-state index contributed by atoms with van der Waals surface area (Å²) in [7, 11) is 1.25. The predicted octanol–water partition coefficient (Wildman–Crippen LogP) is 19.1. The molecular formula is C64H125N2O6P. The van der Waals surface area contributed by atoms with Crippen LogP contribution in [-0.4, -0.2) is 68.5 Å². The number of rotatable bonds is 59. The first-order valence-electron chi connectivity index (χ1n) is 31.9. The van der Waals surface area contributed by atoms with Crippen LogP contribution in [0.15, 0.2) is 36.5 Å². The van der Waals surface area contributed by atoms with Crippen LogP contribution in [0.2, 0.25) is 0 Å². The van der Waals surface area contributed by atoms with Crippen LogP contribution in [0.25, 0.3) is 0 Å². The van der Waals surface area contributed by atoms with Crippen molar-refractivity contribution in [2.45, 2.75) is 328 Å². The topological polar surface area (TPSA) is 108 Å². The lowest BCUT2D eigenvalue weighted by Crippen LogP contribution is -2.45. The molecule has 0 saturated carbocycles. The van der Waals surface area contributed by atoms with Crippen molar-refractivity contribution in [2.24, 2.45) is 0 Å². The summed E-state index contributed by atoms with van der Waals surface area (Å²) < 4.78 is 23.3. The van der Waals surface area contributed by atoms with Crippen molar-refractivity contribution >= 4 is 13.7 Å². The van der Waals surface area contributed by atoms with Gasteiger partial charge in [-0.25, -0.2) is 0 Å². The van der Waals surface area contributed by atoms with Crippen LogP contribution in [0.1, 0.15) is 316 Å². The maximum Gasteiger partial charge on any atom is 0.268 e. The zero-order chi connectivity index (χ0) is 53.5. The molecule has 0 rings (SSSR count). The number of nitrogens with zero attached hydrogens (tertiary/aromatic N) is 1. The Kier molecular flexibility index (Phi) is 54.5. The fourth-order valence-electron chi connectivity index (χ4n) is 9.60. The highest BCUT2D eigenvalue weighted by atomic mass is 31.2. The first-order valence-corrected chi connectivity index (χ1v) is 33.3. The minimum atomic E-state index is -4.61. The van der Waals surface area contributed by atoms with Gasteiger partial charge in [0.05, 0.1) is 39.9 Å². The van der Waals surface area contributed by atoms with Crippen LogP contribution in [0.3, 0.4) is 0 Å². The number of nitrogens with one attached hydrogen (secondary N) is 1. The van der Waals surface area contributed by atoms with Gasteiger partial charge in [0.2, 0.25) is 5.91 Å². The molecular weight excluding hydrogens is 924 g/mol. The van der Waals surface area contributed by atoms with Gasteiger partial charge in [0, 0.05) is 6.42 Å². The van der Waals surface area contributed by atoms with Gasteiger partial charge in [-0.1, -0.05) is 301 Å². The van der Waals surface area contributed by atoms with Gasteiger partial charge in [-0.05, 0) is 44.9 Å². The lowest BCUT2D eigenvalue weighted by atomic mass is 10.0. The molecule has 0 saturated heterocycles. The Hall–Kier alpha value is -1.28. The standard InChI is InChI=1S/C64H125N2O6P/c1-6-8-10-12-14-16-18-20-22-24-26-27-28-29-30-31-32-33-34-35-36-37-38-39-40-42-44-46-48-50-52-54-56-58-64(68)65-62(61-72-73(69,70)71-60-59-66(3,4)5)63(67)57-55-53-51-49-47-45-43-41-25-23-21-19-17-15-13-11-9-7-2/h25,41,47,49,55,57,62-63,67H,6-24,26-40,42-46,48,50-54,56,58-61H2,1-5H3,(H-,65,68,69,70)/b41-25+,49-47+,57-55+. The third-order valence-electron chi connectivity index (χ3n) is 14.6. The molecule has 0 spiro atoms. The number of allylic oxidation sites excluding steroid dienone is 5. The van der Waals surface area contributed by atoms with E-state index in [4.69, 9.17) is 9.05 Å². The number of carbonyl (C=O) groups excluding carboxylic acids is 1. The molecule has 1 amide bonds. The van der Waals surface area contributed by atoms with Crippen LogP contribution >= 0.6 is 7.82 Å². The summed E-state index contributed by atoms with van der Waals surface area (Å²) in [5.74, 6) is -0.205. The van der Waals surface area contributed by atoms with Crippen LogP contribution < -0.4 is 10.2 Å². The summed E-state index contributed by atoms with van der Waals surface area (Å²) in [6.45, 7) is 4.66. The number of aliphatic hydroxyl groups excluding tert-OH is 1. The zero-order valence-corrected chi connectivity index (χ0v) is 50.3. The lowest BCUT2D eigenvalue weighted by Gasteiger charge is -2.29. The first kappa shape index (κ1) is 71.7. The Morgan fingerprint density at radius 1 is 0.466 bits per heavy atom. The van der Waals surface area contributed by atoms with Crippen molar-refractivity contribution < 1.29 is 32.9 Å². The summed E-state index contributed by atoms with van der Waals surface area (Å²) in [5.41, 5.74) is 0. The summed E-state index contributed by atoms with van der Waals surface area (Å²) >= 11 is 0. The molecule has 3 atom stereocenters. The Balaban J connectivity index is 4.04. The van der Waals surface area contributed by atoms with Gasteiger partial charge in [-0.15, -0.1) is 0 Å². The van der Waals surface area contributed by atoms with Crippen LogP contribution in [-0.2, 0) is 18.4 Å². The molecule has 0 aliphatic carbocycles. The lowest BCUT2D eigenvalue weighted by molar-refractivity contribution is -0.870. The normalized spacial score (nSPS) is 14.0. The zero-order valence-electron chi connectivity index (χ0n) is 49.4. The number of carbonyl (C=O) groups is 1.